The van der Waals surface area contributed by atoms with Crippen molar-refractivity contribution in [3.8, 4) is 16.9 Å². The van der Waals surface area contributed by atoms with Crippen molar-refractivity contribution in [2.75, 3.05) is 6.61 Å². The van der Waals surface area contributed by atoms with Crippen LogP contribution in [0.1, 0.15) is 29.2 Å². The quantitative estimate of drug-likeness (QED) is 0.427. The Bertz CT molecular complexity index is 1500. The maximum Gasteiger partial charge on any atom is 0.239 e. The van der Waals surface area contributed by atoms with Gasteiger partial charge in [-0.05, 0) is 46.9 Å². The number of sulfonamides is 2. The van der Waals surface area contributed by atoms with E-state index in [9.17, 15) is 16.8 Å². The van der Waals surface area contributed by atoms with Crippen molar-refractivity contribution < 1.29 is 21.6 Å². The van der Waals surface area contributed by atoms with Crippen LogP contribution in [0.15, 0.2) is 64.4 Å². The highest BCUT2D eigenvalue weighted by Crippen LogP contribution is 2.35. The van der Waals surface area contributed by atoms with Crippen LogP contribution in [0, 0.1) is 0 Å². The van der Waals surface area contributed by atoms with Crippen molar-refractivity contribution in [3.05, 3.63) is 76.9 Å². The van der Waals surface area contributed by atoms with E-state index in [1.807, 2.05) is 18.2 Å². The molecule has 0 saturated heterocycles. The minimum atomic E-state index is -4.12. The lowest BCUT2D eigenvalue weighted by atomic mass is 9.95. The van der Waals surface area contributed by atoms with Gasteiger partial charge in [0.1, 0.15) is 5.75 Å². The highest BCUT2D eigenvalue weighted by Gasteiger charge is 2.23. The first-order valence-corrected chi connectivity index (χ1v) is 13.6. The fourth-order valence-electron chi connectivity index (χ4n) is 4.13. The van der Waals surface area contributed by atoms with Crippen molar-refractivity contribution >= 4 is 32.2 Å². The molecule has 0 unspecified atom stereocenters. The van der Waals surface area contributed by atoms with Crippen LogP contribution in [-0.2, 0) is 33.1 Å². The summed E-state index contributed by atoms with van der Waals surface area (Å²) in [6.07, 6.45) is 3.02. The highest BCUT2D eigenvalue weighted by molar-refractivity contribution is 7.89. The summed E-state index contributed by atoms with van der Waals surface area (Å²) in [4.78, 5) is -0.162. The topological polar surface area (TPSA) is 142 Å². The third kappa shape index (κ3) is 4.91. The summed E-state index contributed by atoms with van der Waals surface area (Å²) in [6.45, 7) is 3.48. The van der Waals surface area contributed by atoms with Crippen molar-refractivity contribution in [3.63, 3.8) is 0 Å². The number of primary sulfonamides is 2. The van der Waals surface area contributed by atoms with Gasteiger partial charge < -0.3 is 10.1 Å². The predicted octanol–water partition coefficient (Wildman–Crippen LogP) is 2.82. The molecule has 0 bridgehead atoms. The van der Waals surface area contributed by atoms with Crippen LogP contribution in [0.3, 0.4) is 0 Å². The van der Waals surface area contributed by atoms with E-state index in [2.05, 4.69) is 5.32 Å². The number of hydrogen-bond donors (Lipinski definition) is 3. The Morgan fingerprint density at radius 3 is 2.29 bits per heavy atom. The standard InChI is InChI=1S/C24H25N3O5S2/c1-2-32-19-12-11-16(23(13-19)33(25,28)29)9-10-17-5-3-8-21(24(17)34(26,30)31)20-7-4-6-18-14-27-15-22(18)20/h3-13,27H,2,14-15H2,1H3,(H2,25,28,29)(H2,26,30,31). The van der Waals surface area contributed by atoms with Gasteiger partial charge in [0.25, 0.3) is 0 Å². The maximum absolute atomic E-state index is 12.7. The summed E-state index contributed by atoms with van der Waals surface area (Å²) in [7, 11) is -8.18. The van der Waals surface area contributed by atoms with Crippen LogP contribution < -0.4 is 20.3 Å². The zero-order valence-corrected chi connectivity index (χ0v) is 20.1. The van der Waals surface area contributed by atoms with Crippen LogP contribution >= 0.6 is 0 Å². The summed E-state index contributed by atoms with van der Waals surface area (Å²) in [5.41, 5.74) is 4.03. The summed E-state index contributed by atoms with van der Waals surface area (Å²) >= 11 is 0. The highest BCUT2D eigenvalue weighted by atomic mass is 32.2. The van der Waals surface area contributed by atoms with Gasteiger partial charge >= 0.3 is 0 Å². The molecule has 1 aliphatic rings. The van der Waals surface area contributed by atoms with Gasteiger partial charge in [-0.1, -0.05) is 48.6 Å². The third-order valence-electron chi connectivity index (χ3n) is 5.56. The number of ether oxygens (including phenoxy) is 1. The Morgan fingerprint density at radius 1 is 0.882 bits per heavy atom. The number of rotatable bonds is 7. The molecule has 8 nitrogen and oxygen atoms in total. The number of fused-ring (bicyclic) bond motifs is 1. The number of benzene rings is 3. The van der Waals surface area contributed by atoms with Gasteiger partial charge in [0.2, 0.25) is 20.0 Å². The summed E-state index contributed by atoms with van der Waals surface area (Å²) in [5.74, 6) is 0.363. The Kier molecular flexibility index (Phi) is 6.61. The van der Waals surface area contributed by atoms with Crippen LogP contribution in [0.25, 0.3) is 23.3 Å². The molecule has 0 aliphatic carbocycles. The number of nitrogens with one attached hydrogen (secondary N) is 1. The monoisotopic (exact) mass is 499 g/mol. The Labute approximate surface area is 199 Å². The van der Waals surface area contributed by atoms with Gasteiger partial charge in [0, 0.05) is 24.7 Å². The predicted molar refractivity (Wildman–Crippen MR) is 132 cm³/mol. The molecule has 4 rings (SSSR count). The van der Waals surface area contributed by atoms with Gasteiger partial charge in [-0.2, -0.15) is 0 Å². The smallest absolute Gasteiger partial charge is 0.239 e. The summed E-state index contributed by atoms with van der Waals surface area (Å²) in [6, 6.07) is 15.3. The molecule has 1 aliphatic heterocycles. The zero-order valence-electron chi connectivity index (χ0n) is 18.5. The molecular weight excluding hydrogens is 474 g/mol. The van der Waals surface area contributed by atoms with Crippen molar-refractivity contribution in [1.82, 2.24) is 5.32 Å². The normalized spacial score (nSPS) is 13.9. The molecule has 0 aromatic heterocycles. The van der Waals surface area contributed by atoms with Crippen LogP contribution in [0.5, 0.6) is 5.75 Å². The minimum Gasteiger partial charge on any atom is -0.494 e. The summed E-state index contributed by atoms with van der Waals surface area (Å²) in [5, 5.41) is 14.3. The van der Waals surface area contributed by atoms with E-state index in [4.69, 9.17) is 15.0 Å². The van der Waals surface area contributed by atoms with E-state index < -0.39 is 20.0 Å². The largest absolute Gasteiger partial charge is 0.494 e. The van der Waals surface area contributed by atoms with Gasteiger partial charge in [0.15, 0.2) is 0 Å². The average Bonchev–Trinajstić information content (AvgIpc) is 3.26. The maximum atomic E-state index is 12.7. The van der Waals surface area contributed by atoms with E-state index in [1.54, 1.807) is 37.3 Å². The number of hydrogen-bond acceptors (Lipinski definition) is 6. The molecule has 0 saturated carbocycles. The fraction of sp³-hybridized carbons (Fsp3) is 0.167. The number of nitrogens with two attached hydrogens (primary N) is 2. The molecule has 0 radical (unpaired) electrons. The second-order valence-corrected chi connectivity index (χ2v) is 10.9. The van der Waals surface area contributed by atoms with E-state index in [1.165, 1.54) is 18.2 Å². The van der Waals surface area contributed by atoms with Crippen LogP contribution in [0.2, 0.25) is 0 Å². The summed E-state index contributed by atoms with van der Waals surface area (Å²) < 4.78 is 55.1. The first kappa shape index (κ1) is 24.1. The average molecular weight is 500 g/mol. The molecule has 0 fully saturated rings. The van der Waals surface area contributed by atoms with Gasteiger partial charge in [-0.25, -0.2) is 27.1 Å². The Morgan fingerprint density at radius 2 is 1.59 bits per heavy atom. The van der Waals surface area contributed by atoms with E-state index >= 15 is 0 Å². The van der Waals surface area contributed by atoms with E-state index in [-0.39, 0.29) is 9.79 Å². The molecule has 34 heavy (non-hydrogen) atoms. The molecule has 0 spiro atoms. The van der Waals surface area contributed by atoms with Crippen molar-refractivity contribution in [2.45, 2.75) is 29.8 Å². The Balaban J connectivity index is 1.87. The van der Waals surface area contributed by atoms with Crippen molar-refractivity contribution in [2.24, 2.45) is 10.3 Å². The van der Waals surface area contributed by atoms with Crippen LogP contribution in [-0.4, -0.2) is 23.4 Å². The lowest BCUT2D eigenvalue weighted by Gasteiger charge is -2.14. The molecule has 10 heteroatoms. The zero-order chi connectivity index (χ0) is 24.5. The van der Waals surface area contributed by atoms with Gasteiger partial charge in [-0.15, -0.1) is 0 Å². The first-order valence-electron chi connectivity index (χ1n) is 10.5. The van der Waals surface area contributed by atoms with Gasteiger partial charge in [-0.3, -0.25) is 0 Å². The van der Waals surface area contributed by atoms with Crippen LogP contribution in [0.4, 0.5) is 0 Å². The van der Waals surface area contributed by atoms with E-state index in [0.717, 1.165) is 16.7 Å². The molecular formula is C24H25N3O5S2. The Hall–Kier alpha value is -3.02. The van der Waals surface area contributed by atoms with Gasteiger partial charge in [0.05, 0.1) is 16.4 Å². The second kappa shape index (κ2) is 9.32. The molecule has 0 amide bonds. The molecule has 5 N–H and O–H groups in total. The third-order valence-corrected chi connectivity index (χ3v) is 7.55. The first-order chi connectivity index (χ1) is 16.1. The lowest BCUT2D eigenvalue weighted by Crippen LogP contribution is -2.15. The fourth-order valence-corrected chi connectivity index (χ4v) is 5.83. The minimum absolute atomic E-state index is 0.0327. The van der Waals surface area contributed by atoms with Crippen molar-refractivity contribution in [1.29, 1.82) is 0 Å². The molecule has 1 heterocycles. The molecule has 0 atom stereocenters. The molecule has 3 aromatic rings. The SMILES string of the molecule is CCOc1ccc(C=Cc2cccc(-c3cccc4c3CNC4)c2S(N)(=O)=O)c(S(N)(=O)=O)c1. The molecule has 3 aromatic carbocycles. The lowest BCUT2D eigenvalue weighted by molar-refractivity contribution is 0.339. The molecule has 178 valence electrons. The second-order valence-electron chi connectivity index (χ2n) is 7.83. The van der Waals surface area contributed by atoms with E-state index in [0.29, 0.717) is 42.1 Å².